The summed E-state index contributed by atoms with van der Waals surface area (Å²) < 4.78 is 5.41. The molecular weight excluding hydrogens is 264 g/mol. The first-order valence-corrected chi connectivity index (χ1v) is 6.21. The second kappa shape index (κ2) is 6.85. The summed E-state index contributed by atoms with van der Waals surface area (Å²) in [6.45, 7) is 5.60. The van der Waals surface area contributed by atoms with Gasteiger partial charge in [0.1, 0.15) is 18.4 Å². The lowest BCUT2D eigenvalue weighted by Crippen LogP contribution is -2.41. The summed E-state index contributed by atoms with van der Waals surface area (Å²) >= 11 is 0. The van der Waals surface area contributed by atoms with Crippen LogP contribution in [0.1, 0.15) is 18.1 Å². The van der Waals surface area contributed by atoms with Crippen molar-refractivity contribution >= 4 is 11.7 Å². The van der Waals surface area contributed by atoms with Gasteiger partial charge in [0.15, 0.2) is 0 Å². The summed E-state index contributed by atoms with van der Waals surface area (Å²) in [6, 6.07) is 2.13. The van der Waals surface area contributed by atoms with E-state index in [0.717, 1.165) is 5.56 Å². The van der Waals surface area contributed by atoms with E-state index in [2.05, 4.69) is 5.32 Å². The van der Waals surface area contributed by atoms with E-state index in [1.165, 1.54) is 6.07 Å². The van der Waals surface area contributed by atoms with Gasteiger partial charge in [-0.15, -0.1) is 0 Å². The third-order valence-corrected chi connectivity index (χ3v) is 2.84. The van der Waals surface area contributed by atoms with E-state index < -0.39 is 16.9 Å². The van der Waals surface area contributed by atoms with E-state index in [4.69, 9.17) is 9.84 Å². The van der Waals surface area contributed by atoms with Crippen molar-refractivity contribution in [3.8, 4) is 5.75 Å². The summed E-state index contributed by atoms with van der Waals surface area (Å²) in [4.78, 5) is 21.4. The van der Waals surface area contributed by atoms with Gasteiger partial charge in [-0.25, -0.2) is 0 Å². The number of rotatable bonds is 7. The number of nitrogens with zero attached hydrogens (tertiary/aromatic N) is 1. The van der Waals surface area contributed by atoms with Crippen LogP contribution in [0.25, 0.3) is 0 Å². The molecule has 1 atom stereocenters. The fourth-order valence-electron chi connectivity index (χ4n) is 1.81. The monoisotopic (exact) mass is 282 g/mol. The lowest BCUT2D eigenvalue weighted by Gasteiger charge is -2.15. The highest BCUT2D eigenvalue weighted by Crippen LogP contribution is 2.28. The molecule has 0 spiro atoms. The number of nitro benzene ring substituents is 1. The van der Waals surface area contributed by atoms with Gasteiger partial charge in [0, 0.05) is 5.56 Å². The molecule has 1 rings (SSSR count). The zero-order chi connectivity index (χ0) is 15.3. The predicted octanol–water partition coefficient (Wildman–Crippen LogP) is 1.65. The zero-order valence-corrected chi connectivity index (χ0v) is 11.7. The topological polar surface area (TPSA) is 102 Å². The Hall–Kier alpha value is -2.15. The number of hydrogen-bond acceptors (Lipinski definition) is 5. The highest BCUT2D eigenvalue weighted by molar-refractivity contribution is 5.73. The smallest absolute Gasteiger partial charge is 0.324 e. The lowest BCUT2D eigenvalue weighted by molar-refractivity contribution is -0.385. The van der Waals surface area contributed by atoms with Crippen LogP contribution < -0.4 is 10.1 Å². The van der Waals surface area contributed by atoms with E-state index >= 15 is 0 Å². The zero-order valence-electron chi connectivity index (χ0n) is 11.7. The lowest BCUT2D eigenvalue weighted by atomic mass is 10.1. The minimum Gasteiger partial charge on any atom is -0.491 e. The van der Waals surface area contributed by atoms with Crippen LogP contribution in [0, 0.1) is 24.0 Å². The number of aliphatic carboxylic acids is 1. The predicted molar refractivity (Wildman–Crippen MR) is 73.2 cm³/mol. The van der Waals surface area contributed by atoms with Crippen LogP contribution in [0.4, 0.5) is 5.69 Å². The first kappa shape index (κ1) is 15.9. The van der Waals surface area contributed by atoms with Gasteiger partial charge in [0.2, 0.25) is 0 Å². The van der Waals surface area contributed by atoms with Gasteiger partial charge in [0.05, 0.1) is 11.0 Å². The summed E-state index contributed by atoms with van der Waals surface area (Å²) in [5, 5.41) is 22.6. The Labute approximate surface area is 116 Å². The largest absolute Gasteiger partial charge is 0.491 e. The van der Waals surface area contributed by atoms with Crippen molar-refractivity contribution in [2.24, 2.45) is 0 Å². The molecule has 7 heteroatoms. The first-order valence-electron chi connectivity index (χ1n) is 6.21. The van der Waals surface area contributed by atoms with Gasteiger partial charge in [-0.2, -0.15) is 0 Å². The van der Waals surface area contributed by atoms with Crippen LogP contribution in [0.5, 0.6) is 5.75 Å². The Bertz CT molecular complexity index is 516. The molecule has 2 N–H and O–H groups in total. The Morgan fingerprint density at radius 3 is 2.60 bits per heavy atom. The summed E-state index contributed by atoms with van der Waals surface area (Å²) in [5.41, 5.74) is 1.23. The quantitative estimate of drug-likeness (QED) is 0.582. The van der Waals surface area contributed by atoms with Crippen LogP contribution in [-0.2, 0) is 4.79 Å². The number of carboxylic acid groups (broad SMARTS) is 1. The molecule has 0 saturated carbocycles. The number of hydrogen-bond donors (Lipinski definition) is 2. The van der Waals surface area contributed by atoms with Gasteiger partial charge < -0.3 is 15.2 Å². The molecule has 1 unspecified atom stereocenters. The summed E-state index contributed by atoms with van der Waals surface area (Å²) in [7, 11) is 0. The van der Waals surface area contributed by atoms with Gasteiger partial charge >= 0.3 is 5.97 Å². The van der Waals surface area contributed by atoms with Crippen LogP contribution in [0.3, 0.4) is 0 Å². The van der Waals surface area contributed by atoms with E-state index in [0.29, 0.717) is 17.9 Å². The molecule has 0 aromatic heterocycles. The third kappa shape index (κ3) is 3.92. The van der Waals surface area contributed by atoms with Crippen LogP contribution in [0.15, 0.2) is 12.1 Å². The average molecular weight is 282 g/mol. The van der Waals surface area contributed by atoms with Crippen molar-refractivity contribution in [2.45, 2.75) is 26.8 Å². The molecule has 0 fully saturated rings. The van der Waals surface area contributed by atoms with Gasteiger partial charge in [-0.3, -0.25) is 14.9 Å². The van der Waals surface area contributed by atoms with Crippen LogP contribution in [0.2, 0.25) is 0 Å². The Morgan fingerprint density at radius 1 is 1.45 bits per heavy atom. The molecule has 0 bridgehead atoms. The van der Waals surface area contributed by atoms with Crippen LogP contribution >= 0.6 is 0 Å². The maximum atomic E-state index is 11.0. The molecule has 20 heavy (non-hydrogen) atoms. The van der Waals surface area contributed by atoms with E-state index in [1.54, 1.807) is 26.8 Å². The average Bonchev–Trinajstić information content (AvgIpc) is 2.35. The molecule has 0 aliphatic heterocycles. The standard InChI is InChI=1S/C13H18N2O5/c1-4-14-10(13(16)17)7-20-12-6-11(15(18)19)8(2)5-9(12)3/h5-6,10,14H,4,7H2,1-3H3,(H,16,17). The third-order valence-electron chi connectivity index (χ3n) is 2.84. The number of carboxylic acids is 1. The van der Waals surface area contributed by atoms with E-state index in [9.17, 15) is 14.9 Å². The number of nitrogens with one attached hydrogen (secondary N) is 1. The number of ether oxygens (including phenoxy) is 1. The maximum absolute atomic E-state index is 11.0. The summed E-state index contributed by atoms with van der Waals surface area (Å²) in [5.74, 6) is -0.697. The molecule has 7 nitrogen and oxygen atoms in total. The number of benzene rings is 1. The SMILES string of the molecule is CCNC(COc1cc([N+](=O)[O-])c(C)cc1C)C(=O)O. The summed E-state index contributed by atoms with van der Waals surface area (Å²) in [6.07, 6.45) is 0. The number of nitro groups is 1. The van der Waals surface area contributed by atoms with Crippen molar-refractivity contribution in [1.29, 1.82) is 0 Å². The first-order chi connectivity index (χ1) is 9.36. The van der Waals surface area contributed by atoms with Gasteiger partial charge in [-0.05, 0) is 32.0 Å². The van der Waals surface area contributed by atoms with E-state index in [1.807, 2.05) is 0 Å². The molecule has 0 radical (unpaired) electrons. The number of carbonyl (C=O) groups is 1. The Balaban J connectivity index is 2.89. The Morgan fingerprint density at radius 2 is 2.10 bits per heavy atom. The molecule has 110 valence electrons. The fraction of sp³-hybridized carbons (Fsp3) is 0.462. The Kier molecular flexibility index (Phi) is 5.45. The van der Waals surface area contributed by atoms with Crippen molar-refractivity contribution in [2.75, 3.05) is 13.2 Å². The maximum Gasteiger partial charge on any atom is 0.324 e. The normalized spacial score (nSPS) is 11.9. The second-order valence-electron chi connectivity index (χ2n) is 4.42. The highest BCUT2D eigenvalue weighted by atomic mass is 16.6. The van der Waals surface area contributed by atoms with Crippen molar-refractivity contribution in [1.82, 2.24) is 5.32 Å². The van der Waals surface area contributed by atoms with Gasteiger partial charge in [0.25, 0.3) is 5.69 Å². The molecule has 0 aliphatic carbocycles. The molecule has 1 aromatic rings. The molecular formula is C13H18N2O5. The minimum atomic E-state index is -1.02. The highest BCUT2D eigenvalue weighted by Gasteiger charge is 2.19. The minimum absolute atomic E-state index is 0.0408. The number of aryl methyl sites for hydroxylation is 2. The molecule has 0 aliphatic rings. The van der Waals surface area contributed by atoms with Crippen LogP contribution in [-0.4, -0.2) is 35.2 Å². The number of likely N-dealkylation sites (N-methyl/N-ethyl adjacent to an activating group) is 1. The molecule has 1 aromatic carbocycles. The van der Waals surface area contributed by atoms with Gasteiger partial charge in [-0.1, -0.05) is 6.92 Å². The fourth-order valence-corrected chi connectivity index (χ4v) is 1.81. The molecule has 0 heterocycles. The van der Waals surface area contributed by atoms with Crippen molar-refractivity contribution in [3.63, 3.8) is 0 Å². The van der Waals surface area contributed by atoms with E-state index in [-0.39, 0.29) is 12.3 Å². The second-order valence-corrected chi connectivity index (χ2v) is 4.42. The van der Waals surface area contributed by atoms with Crippen molar-refractivity contribution < 1.29 is 19.6 Å². The molecule has 0 saturated heterocycles. The van der Waals surface area contributed by atoms with Crippen molar-refractivity contribution in [3.05, 3.63) is 33.4 Å². The molecule has 0 amide bonds.